The second-order valence-corrected chi connectivity index (χ2v) is 8.85. The highest BCUT2D eigenvalue weighted by molar-refractivity contribution is 7.89. The van der Waals surface area contributed by atoms with Gasteiger partial charge < -0.3 is 14.0 Å². The van der Waals surface area contributed by atoms with Gasteiger partial charge in [0.15, 0.2) is 0 Å². The van der Waals surface area contributed by atoms with Crippen molar-refractivity contribution in [2.24, 2.45) is 0 Å². The molecule has 1 heterocycles. The van der Waals surface area contributed by atoms with Crippen LogP contribution < -0.4 is 14.8 Å². The van der Waals surface area contributed by atoms with Crippen molar-refractivity contribution in [1.82, 2.24) is 14.3 Å². The molecule has 3 rings (SSSR count). The number of nitrogens with one attached hydrogen (secondary N) is 2. The van der Waals surface area contributed by atoms with Crippen LogP contribution in [0.5, 0.6) is 5.75 Å². The molecule has 0 aliphatic heterocycles. The molecular formula is C22H28N4O5S. The van der Waals surface area contributed by atoms with Crippen LogP contribution in [0.3, 0.4) is 0 Å². The quantitative estimate of drug-likeness (QED) is 0.426. The predicted octanol–water partition coefficient (Wildman–Crippen LogP) is 2.78. The number of carbonyl (C=O) groups excluding carboxylic acids is 1. The first kappa shape index (κ1) is 23.7. The average Bonchev–Trinajstić information content (AvgIpc) is 3.13. The van der Waals surface area contributed by atoms with Gasteiger partial charge in [0.05, 0.1) is 29.1 Å². The van der Waals surface area contributed by atoms with Crippen LogP contribution in [-0.2, 0) is 26.1 Å². The zero-order valence-corrected chi connectivity index (χ0v) is 19.2. The summed E-state index contributed by atoms with van der Waals surface area (Å²) < 4.78 is 40.0. The Labute approximate surface area is 187 Å². The molecule has 0 saturated heterocycles. The molecule has 1 amide bonds. The Morgan fingerprint density at radius 1 is 1.16 bits per heavy atom. The Hall–Kier alpha value is -2.95. The first-order valence-corrected chi connectivity index (χ1v) is 11.8. The minimum Gasteiger partial charge on any atom is -0.497 e. The van der Waals surface area contributed by atoms with Crippen molar-refractivity contribution >= 4 is 32.9 Å². The third-order valence-electron chi connectivity index (χ3n) is 4.86. The third kappa shape index (κ3) is 5.64. The van der Waals surface area contributed by atoms with E-state index in [1.165, 1.54) is 26.2 Å². The second kappa shape index (κ2) is 10.6. The Balaban J connectivity index is 1.74. The number of carbonyl (C=O) groups is 1. The summed E-state index contributed by atoms with van der Waals surface area (Å²) in [4.78, 5) is 17.3. The van der Waals surface area contributed by atoms with E-state index in [4.69, 9.17) is 9.47 Å². The van der Waals surface area contributed by atoms with Crippen LogP contribution in [0.1, 0.15) is 20.3 Å². The lowest BCUT2D eigenvalue weighted by atomic mass is 10.3. The van der Waals surface area contributed by atoms with E-state index < -0.39 is 22.0 Å². The molecule has 0 aliphatic rings. The van der Waals surface area contributed by atoms with E-state index in [1.807, 2.05) is 35.8 Å². The van der Waals surface area contributed by atoms with Crippen LogP contribution in [0.2, 0.25) is 0 Å². The first-order valence-electron chi connectivity index (χ1n) is 10.4. The number of hydrogen-bond donors (Lipinski definition) is 2. The molecule has 1 aromatic heterocycles. The molecule has 2 aromatic carbocycles. The number of aryl methyl sites for hydroxylation is 1. The minimum atomic E-state index is -3.89. The number of nitrogens with zero attached hydrogens (tertiary/aromatic N) is 2. The fourth-order valence-corrected chi connectivity index (χ4v) is 4.40. The van der Waals surface area contributed by atoms with E-state index in [0.717, 1.165) is 17.5 Å². The van der Waals surface area contributed by atoms with Gasteiger partial charge in [-0.05, 0) is 56.7 Å². The monoisotopic (exact) mass is 460 g/mol. The lowest BCUT2D eigenvalue weighted by Gasteiger charge is -2.15. The number of ether oxygens (including phenoxy) is 2. The van der Waals surface area contributed by atoms with Crippen molar-refractivity contribution in [3.63, 3.8) is 0 Å². The van der Waals surface area contributed by atoms with Gasteiger partial charge in [-0.2, -0.15) is 4.72 Å². The summed E-state index contributed by atoms with van der Waals surface area (Å²) >= 11 is 0. The highest BCUT2D eigenvalue weighted by Crippen LogP contribution is 2.21. The van der Waals surface area contributed by atoms with Crippen LogP contribution in [0.4, 0.5) is 5.95 Å². The summed E-state index contributed by atoms with van der Waals surface area (Å²) in [5.41, 5.74) is 1.62. The number of rotatable bonds is 11. The van der Waals surface area contributed by atoms with Crippen LogP contribution >= 0.6 is 0 Å². The van der Waals surface area contributed by atoms with Crippen molar-refractivity contribution < 1.29 is 22.7 Å². The van der Waals surface area contributed by atoms with Crippen LogP contribution in [0.25, 0.3) is 11.0 Å². The fraction of sp³-hybridized carbons (Fsp3) is 0.364. The predicted molar refractivity (Wildman–Crippen MR) is 122 cm³/mol. The lowest BCUT2D eigenvalue weighted by Crippen LogP contribution is -2.41. The van der Waals surface area contributed by atoms with E-state index in [0.29, 0.717) is 31.5 Å². The Morgan fingerprint density at radius 3 is 2.56 bits per heavy atom. The fourth-order valence-electron chi connectivity index (χ4n) is 3.19. The van der Waals surface area contributed by atoms with Crippen molar-refractivity contribution in [2.45, 2.75) is 37.8 Å². The smallest absolute Gasteiger partial charge is 0.244 e. The van der Waals surface area contributed by atoms with Gasteiger partial charge in [-0.15, -0.1) is 0 Å². The van der Waals surface area contributed by atoms with Crippen molar-refractivity contribution in [3.05, 3.63) is 48.5 Å². The van der Waals surface area contributed by atoms with Crippen molar-refractivity contribution in [2.75, 3.05) is 25.6 Å². The first-order chi connectivity index (χ1) is 15.4. The topological polar surface area (TPSA) is 112 Å². The van der Waals surface area contributed by atoms with Gasteiger partial charge in [0.1, 0.15) is 5.75 Å². The summed E-state index contributed by atoms with van der Waals surface area (Å²) in [6.45, 7) is 5.25. The molecule has 32 heavy (non-hydrogen) atoms. The van der Waals surface area contributed by atoms with Gasteiger partial charge in [-0.1, -0.05) is 12.1 Å². The summed E-state index contributed by atoms with van der Waals surface area (Å²) in [6, 6.07) is 12.5. The average molecular weight is 461 g/mol. The number of aromatic nitrogens is 2. The molecule has 9 nitrogen and oxygen atoms in total. The maximum Gasteiger partial charge on any atom is 0.244 e. The molecule has 0 bridgehead atoms. The Kier molecular flexibility index (Phi) is 7.84. The van der Waals surface area contributed by atoms with Gasteiger partial charge in [0, 0.05) is 19.8 Å². The van der Waals surface area contributed by atoms with Crippen LogP contribution in [0, 0.1) is 0 Å². The number of amides is 1. The maximum atomic E-state index is 12.8. The zero-order chi connectivity index (χ0) is 23.1. The number of fused-ring (bicyclic) bond motifs is 1. The van der Waals surface area contributed by atoms with E-state index in [-0.39, 0.29) is 4.90 Å². The van der Waals surface area contributed by atoms with Gasteiger partial charge in [0.2, 0.25) is 21.9 Å². The Morgan fingerprint density at radius 2 is 1.88 bits per heavy atom. The molecule has 1 atom stereocenters. The number of benzene rings is 2. The largest absolute Gasteiger partial charge is 0.497 e. The van der Waals surface area contributed by atoms with Crippen molar-refractivity contribution in [1.29, 1.82) is 0 Å². The molecular weight excluding hydrogens is 432 g/mol. The number of hydrogen-bond acceptors (Lipinski definition) is 6. The standard InChI is InChI=1S/C22H28N4O5S/c1-4-31-15-7-14-26-20-9-6-5-8-19(20)23-22(26)24-21(27)16(2)25-32(28,29)18-12-10-17(30-3)11-13-18/h5-6,8-13,16,25H,4,7,14-15H2,1-3H3,(H,23,24,27)/t16-/m0/s1. The normalized spacial score (nSPS) is 12.6. The van der Waals surface area contributed by atoms with Crippen LogP contribution in [0.15, 0.2) is 53.4 Å². The van der Waals surface area contributed by atoms with Gasteiger partial charge in [-0.25, -0.2) is 13.4 Å². The van der Waals surface area contributed by atoms with E-state index in [1.54, 1.807) is 12.1 Å². The van der Waals surface area contributed by atoms with E-state index in [2.05, 4.69) is 15.0 Å². The van der Waals surface area contributed by atoms with Gasteiger partial charge >= 0.3 is 0 Å². The summed E-state index contributed by atoms with van der Waals surface area (Å²) in [6.07, 6.45) is 0.747. The molecule has 0 spiro atoms. The molecule has 0 radical (unpaired) electrons. The number of sulfonamides is 1. The molecule has 2 N–H and O–H groups in total. The molecule has 10 heteroatoms. The highest BCUT2D eigenvalue weighted by atomic mass is 32.2. The van der Waals surface area contributed by atoms with Crippen molar-refractivity contribution in [3.8, 4) is 5.75 Å². The lowest BCUT2D eigenvalue weighted by molar-refractivity contribution is -0.117. The number of imidazole rings is 1. The zero-order valence-electron chi connectivity index (χ0n) is 18.4. The molecule has 0 saturated carbocycles. The van der Waals surface area contributed by atoms with Gasteiger partial charge in [-0.3, -0.25) is 10.1 Å². The summed E-state index contributed by atoms with van der Waals surface area (Å²) in [5.74, 6) is 0.393. The summed E-state index contributed by atoms with van der Waals surface area (Å²) in [5, 5.41) is 2.76. The summed E-state index contributed by atoms with van der Waals surface area (Å²) in [7, 11) is -2.39. The molecule has 0 aliphatic carbocycles. The van der Waals surface area contributed by atoms with Crippen LogP contribution in [-0.4, -0.2) is 50.2 Å². The second-order valence-electron chi connectivity index (χ2n) is 7.13. The minimum absolute atomic E-state index is 0.0427. The van der Waals surface area contributed by atoms with E-state index >= 15 is 0 Å². The molecule has 0 unspecified atom stereocenters. The number of para-hydroxylation sites is 2. The van der Waals surface area contributed by atoms with E-state index in [9.17, 15) is 13.2 Å². The highest BCUT2D eigenvalue weighted by Gasteiger charge is 2.23. The Bertz CT molecular complexity index is 1160. The molecule has 0 fully saturated rings. The SMILES string of the molecule is CCOCCCn1c(NC(=O)[C@H](C)NS(=O)(=O)c2ccc(OC)cc2)nc2ccccc21. The maximum absolute atomic E-state index is 12.8. The number of methoxy groups -OCH3 is 1. The number of anilines is 1. The van der Waals surface area contributed by atoms with Gasteiger partial charge in [0.25, 0.3) is 0 Å². The third-order valence-corrected chi connectivity index (χ3v) is 6.42. The molecule has 3 aromatic rings. The molecule has 172 valence electrons.